The molecule has 17 nitrogen and oxygen atoms in total. The average molecular weight is 1660 g/mol. The first-order valence-electron chi connectivity index (χ1n) is 49.0. The molecule has 0 saturated carbocycles. The zero-order chi connectivity index (χ0) is 83.4. The van der Waals surface area contributed by atoms with Gasteiger partial charge >= 0.3 is 39.5 Å². The third kappa shape index (κ3) is 86.4. The molecule has 0 saturated heterocycles. The Morgan fingerprint density at radius 3 is 0.667 bits per heavy atom. The van der Waals surface area contributed by atoms with E-state index in [-0.39, 0.29) is 25.7 Å². The molecule has 0 aliphatic rings. The van der Waals surface area contributed by atoms with E-state index in [9.17, 15) is 43.2 Å². The van der Waals surface area contributed by atoms with Gasteiger partial charge in [0.05, 0.1) is 26.4 Å². The lowest BCUT2D eigenvalue weighted by molar-refractivity contribution is -0.161. The Morgan fingerprint density at radius 1 is 0.254 bits per heavy atom. The van der Waals surface area contributed by atoms with E-state index in [1.165, 1.54) is 334 Å². The third-order valence-electron chi connectivity index (χ3n) is 22.8. The summed E-state index contributed by atoms with van der Waals surface area (Å²) >= 11 is 0. The summed E-state index contributed by atoms with van der Waals surface area (Å²) in [6.07, 6.45) is 82.0. The number of unbranched alkanes of at least 4 members (excludes halogenated alkanes) is 63. The van der Waals surface area contributed by atoms with Crippen LogP contribution in [0.1, 0.15) is 517 Å². The second-order valence-electron chi connectivity index (χ2n) is 34.8. The number of phosphoric ester groups is 2. The standard InChI is InChI=1S/C95H186O17P2/c1-7-10-12-14-16-18-20-22-23-24-25-26-27-28-32-35-42-48-54-60-66-72-78-93(98)106-84-91(111-94(99)79-73-67-61-55-49-43-36-33-30-29-31-34-41-46-52-58-64-70-76-88(6)9-3)86-110-114(103,104)108-82-89(96)81-107-113(101,102)109-85-90(83-105-92(97)77-71-65-59-53-47-39-21-19-17-15-13-11-8-2)112-95(100)80-74-68-62-56-50-44-38-37-40-45-51-57-63-69-75-87(4)5/h87-91,96H,7-86H2,1-6H3,(H,101,102)(H,103,104)/t88?,89-,90+,91+/m0/s1. The molecule has 19 heteroatoms. The van der Waals surface area contributed by atoms with Crippen molar-refractivity contribution < 1.29 is 80.2 Å². The van der Waals surface area contributed by atoms with Gasteiger partial charge in [0.2, 0.25) is 0 Å². The van der Waals surface area contributed by atoms with Gasteiger partial charge in [-0.3, -0.25) is 37.3 Å². The van der Waals surface area contributed by atoms with Gasteiger partial charge in [-0.15, -0.1) is 0 Å². The van der Waals surface area contributed by atoms with Crippen LogP contribution in [-0.2, 0) is 65.4 Å². The quantitative estimate of drug-likeness (QED) is 0.0222. The molecule has 678 valence electrons. The molecule has 3 unspecified atom stereocenters. The molecular weight excluding hydrogens is 1470 g/mol. The van der Waals surface area contributed by atoms with Gasteiger partial charge in [-0.25, -0.2) is 9.13 Å². The maximum atomic E-state index is 13.2. The monoisotopic (exact) mass is 1660 g/mol. The lowest BCUT2D eigenvalue weighted by Gasteiger charge is -2.21. The Balaban J connectivity index is 5.25. The van der Waals surface area contributed by atoms with Crippen LogP contribution in [0.25, 0.3) is 0 Å². The summed E-state index contributed by atoms with van der Waals surface area (Å²) in [6.45, 7) is 9.82. The molecule has 0 aromatic heterocycles. The minimum absolute atomic E-state index is 0.108. The summed E-state index contributed by atoms with van der Waals surface area (Å²) in [6, 6.07) is 0. The minimum Gasteiger partial charge on any atom is -0.462 e. The normalized spacial score (nSPS) is 13.9. The number of phosphoric acid groups is 2. The summed E-state index contributed by atoms with van der Waals surface area (Å²) in [4.78, 5) is 73.6. The van der Waals surface area contributed by atoms with E-state index in [0.29, 0.717) is 25.7 Å². The molecule has 0 heterocycles. The van der Waals surface area contributed by atoms with Crippen molar-refractivity contribution in [2.45, 2.75) is 535 Å². The second kappa shape index (κ2) is 86.0. The smallest absolute Gasteiger partial charge is 0.462 e. The van der Waals surface area contributed by atoms with Crippen LogP contribution in [0.3, 0.4) is 0 Å². The number of aliphatic hydroxyl groups excluding tert-OH is 1. The van der Waals surface area contributed by atoms with Gasteiger partial charge in [0.25, 0.3) is 0 Å². The van der Waals surface area contributed by atoms with Crippen LogP contribution < -0.4 is 0 Å². The molecule has 0 radical (unpaired) electrons. The van der Waals surface area contributed by atoms with Crippen LogP contribution in [0.2, 0.25) is 0 Å². The van der Waals surface area contributed by atoms with E-state index in [0.717, 1.165) is 102 Å². The number of ether oxygens (including phenoxy) is 4. The van der Waals surface area contributed by atoms with E-state index in [1.54, 1.807) is 0 Å². The summed E-state index contributed by atoms with van der Waals surface area (Å²) in [5.41, 5.74) is 0. The highest BCUT2D eigenvalue weighted by molar-refractivity contribution is 7.47. The number of hydrogen-bond acceptors (Lipinski definition) is 15. The van der Waals surface area contributed by atoms with Crippen molar-refractivity contribution in [3.05, 3.63) is 0 Å². The molecule has 3 N–H and O–H groups in total. The summed E-state index contributed by atoms with van der Waals surface area (Å²) < 4.78 is 69.2. The second-order valence-corrected chi connectivity index (χ2v) is 37.7. The van der Waals surface area contributed by atoms with Crippen LogP contribution in [-0.4, -0.2) is 96.7 Å². The van der Waals surface area contributed by atoms with Gasteiger partial charge in [0.1, 0.15) is 19.3 Å². The van der Waals surface area contributed by atoms with Gasteiger partial charge < -0.3 is 33.8 Å². The minimum atomic E-state index is -4.97. The molecular formula is C95H186O17P2. The van der Waals surface area contributed by atoms with Crippen LogP contribution in [0.4, 0.5) is 0 Å². The van der Waals surface area contributed by atoms with Gasteiger partial charge in [-0.05, 0) is 37.5 Å². The highest BCUT2D eigenvalue weighted by Gasteiger charge is 2.31. The summed E-state index contributed by atoms with van der Waals surface area (Å²) in [5.74, 6) is -0.424. The molecule has 6 atom stereocenters. The summed E-state index contributed by atoms with van der Waals surface area (Å²) in [5, 5.41) is 10.7. The number of carbonyl (C=O) groups is 4. The lowest BCUT2D eigenvalue weighted by atomic mass is 9.99. The van der Waals surface area contributed by atoms with Crippen molar-refractivity contribution in [1.29, 1.82) is 0 Å². The number of aliphatic hydroxyl groups is 1. The highest BCUT2D eigenvalue weighted by atomic mass is 31.2. The van der Waals surface area contributed by atoms with Crippen molar-refractivity contribution in [3.8, 4) is 0 Å². The predicted molar refractivity (Wildman–Crippen MR) is 474 cm³/mol. The van der Waals surface area contributed by atoms with Crippen molar-refractivity contribution in [2.24, 2.45) is 11.8 Å². The van der Waals surface area contributed by atoms with Gasteiger partial charge in [-0.1, -0.05) is 465 Å². The van der Waals surface area contributed by atoms with Crippen LogP contribution >= 0.6 is 15.6 Å². The molecule has 0 amide bonds. The first kappa shape index (κ1) is 112. The van der Waals surface area contributed by atoms with Crippen molar-refractivity contribution in [3.63, 3.8) is 0 Å². The van der Waals surface area contributed by atoms with Crippen LogP contribution in [0.5, 0.6) is 0 Å². The van der Waals surface area contributed by atoms with E-state index in [1.807, 2.05) is 0 Å². The van der Waals surface area contributed by atoms with Gasteiger partial charge in [0, 0.05) is 25.7 Å². The van der Waals surface area contributed by atoms with Crippen LogP contribution in [0, 0.1) is 11.8 Å². The van der Waals surface area contributed by atoms with Crippen LogP contribution in [0.15, 0.2) is 0 Å². The number of rotatable bonds is 94. The molecule has 0 bridgehead atoms. The van der Waals surface area contributed by atoms with Crippen molar-refractivity contribution >= 4 is 39.5 Å². The molecule has 0 aliphatic heterocycles. The average Bonchev–Trinajstić information content (AvgIpc) is 0.895. The topological polar surface area (TPSA) is 237 Å². The lowest BCUT2D eigenvalue weighted by Crippen LogP contribution is -2.30. The Bertz CT molecular complexity index is 2170. The third-order valence-corrected chi connectivity index (χ3v) is 24.7. The first-order chi connectivity index (χ1) is 55.4. The molecule has 114 heavy (non-hydrogen) atoms. The van der Waals surface area contributed by atoms with E-state index < -0.39 is 97.5 Å². The molecule has 0 rings (SSSR count). The maximum absolute atomic E-state index is 13.2. The maximum Gasteiger partial charge on any atom is 0.472 e. The molecule has 0 aromatic carbocycles. The van der Waals surface area contributed by atoms with E-state index >= 15 is 0 Å². The van der Waals surface area contributed by atoms with E-state index in [2.05, 4.69) is 41.5 Å². The Morgan fingerprint density at radius 2 is 0.447 bits per heavy atom. The zero-order valence-electron chi connectivity index (χ0n) is 75.4. The van der Waals surface area contributed by atoms with Gasteiger partial charge in [0.15, 0.2) is 12.2 Å². The molecule has 0 aliphatic carbocycles. The van der Waals surface area contributed by atoms with Gasteiger partial charge in [-0.2, -0.15) is 0 Å². The number of hydrogen-bond donors (Lipinski definition) is 3. The fraction of sp³-hybridized carbons (Fsp3) is 0.958. The Kier molecular flexibility index (Phi) is 84.6. The fourth-order valence-electron chi connectivity index (χ4n) is 15.0. The fourth-order valence-corrected chi connectivity index (χ4v) is 16.6. The molecule has 0 aromatic rings. The zero-order valence-corrected chi connectivity index (χ0v) is 77.2. The van der Waals surface area contributed by atoms with Crippen molar-refractivity contribution in [2.75, 3.05) is 39.6 Å². The number of esters is 4. The predicted octanol–water partition coefficient (Wildman–Crippen LogP) is 29.7. The van der Waals surface area contributed by atoms with E-state index in [4.69, 9.17) is 37.0 Å². The van der Waals surface area contributed by atoms with Crippen molar-refractivity contribution in [1.82, 2.24) is 0 Å². The molecule has 0 spiro atoms. The first-order valence-corrected chi connectivity index (χ1v) is 52.0. The Hall–Kier alpha value is -1.94. The summed E-state index contributed by atoms with van der Waals surface area (Å²) in [7, 11) is -9.94. The number of carbonyl (C=O) groups excluding carboxylic acids is 4. The SMILES string of the molecule is CCCCCCCCCCCCCCCCCCCCCCCCC(=O)OC[C@H](COP(=O)(O)OC[C@@H](O)COP(=O)(O)OC[C@@H](COC(=O)CCCCCCCCCCCCCCC)OC(=O)CCCCCCCCCCCCCCCCC(C)C)OC(=O)CCCCCCCCCCCCCCCCCCCCC(C)CC. The Labute approximate surface area is 702 Å². The molecule has 0 fully saturated rings. The highest BCUT2D eigenvalue weighted by Crippen LogP contribution is 2.45. The largest absolute Gasteiger partial charge is 0.472 e.